The molecule has 0 aliphatic heterocycles. The van der Waals surface area contributed by atoms with Crippen LogP contribution in [0.5, 0.6) is 0 Å². The molecule has 3 rings (SSSR count). The van der Waals surface area contributed by atoms with Crippen LogP contribution in [0, 0.1) is 0 Å². The topological polar surface area (TPSA) is 68.3 Å². The number of unbranched alkanes of at least 4 members (excludes halogenated alkanes) is 4. The van der Waals surface area contributed by atoms with E-state index in [1.54, 1.807) is 0 Å². The fourth-order valence-electron chi connectivity index (χ4n) is 4.79. The summed E-state index contributed by atoms with van der Waals surface area (Å²) in [6, 6.07) is 13.0. The summed E-state index contributed by atoms with van der Waals surface area (Å²) < 4.78 is 45.8. The van der Waals surface area contributed by atoms with Gasteiger partial charge in [0.25, 0.3) is 0 Å². The molecule has 2 aromatic carbocycles. The second kappa shape index (κ2) is 11.4. The van der Waals surface area contributed by atoms with Crippen LogP contribution >= 0.6 is 47.2 Å². The van der Waals surface area contributed by atoms with E-state index in [2.05, 4.69) is 68.3 Å². The molecule has 0 saturated heterocycles. The van der Waals surface area contributed by atoms with E-state index in [-0.39, 0.29) is 17.7 Å². The van der Waals surface area contributed by atoms with E-state index < -0.39 is 15.4 Å². The van der Waals surface area contributed by atoms with E-state index in [9.17, 15) is 18.3 Å². The molecule has 0 N–H and O–H groups in total. The number of hydrogen-bond acceptors (Lipinski definition) is 4. The quantitative estimate of drug-likeness (QED) is 0.184. The predicted octanol–water partition coefficient (Wildman–Crippen LogP) is 8.94. The van der Waals surface area contributed by atoms with Crippen molar-refractivity contribution < 1.29 is 18.3 Å². The van der Waals surface area contributed by atoms with Gasteiger partial charge in [-0.3, -0.25) is 0 Å². The number of hydrogen-bond donors (Lipinski definition) is 0. The first-order chi connectivity index (χ1) is 14.8. The standard InChI is InChI=1S/C23H26Br2O4P2/c24-17-7-9-19-20-10-8-18(25)16-22(20)23(21(19)15-17,11-3-1-5-13-30(26)27)12-4-2-6-14-31(28)29/h7-10,15-16H,1-6,11-14H2. The SMILES string of the molecule is O=P(=O)CCCCCC1(CCCCCP(=O)=O)c2cc(Br)ccc2-c2ccc(Br)cc21. The van der Waals surface area contributed by atoms with Crippen molar-refractivity contribution in [3.8, 4) is 11.1 Å². The smallest absolute Gasteiger partial charge is 0.237 e. The summed E-state index contributed by atoms with van der Waals surface area (Å²) in [6.07, 6.45) is 7.46. The van der Waals surface area contributed by atoms with Crippen molar-refractivity contribution in [3.63, 3.8) is 0 Å². The molecule has 0 saturated carbocycles. The number of halogens is 2. The lowest BCUT2D eigenvalue weighted by Gasteiger charge is -2.33. The molecule has 4 nitrogen and oxygen atoms in total. The van der Waals surface area contributed by atoms with Crippen LogP contribution in [-0.4, -0.2) is 12.3 Å². The van der Waals surface area contributed by atoms with Gasteiger partial charge in [-0.25, -0.2) is 18.3 Å². The zero-order valence-electron chi connectivity index (χ0n) is 17.3. The Morgan fingerprint density at radius 2 is 1.03 bits per heavy atom. The molecule has 31 heavy (non-hydrogen) atoms. The van der Waals surface area contributed by atoms with Crippen LogP contribution in [-0.2, 0) is 23.7 Å². The predicted molar refractivity (Wildman–Crippen MR) is 131 cm³/mol. The minimum absolute atomic E-state index is 0.141. The molecule has 0 amide bonds. The minimum Gasteiger partial charge on any atom is -0.237 e. The summed E-state index contributed by atoms with van der Waals surface area (Å²) >= 11 is 7.30. The fourth-order valence-corrected chi connectivity index (χ4v) is 6.48. The van der Waals surface area contributed by atoms with Gasteiger partial charge in [0.15, 0.2) is 0 Å². The van der Waals surface area contributed by atoms with E-state index >= 15 is 0 Å². The first-order valence-electron chi connectivity index (χ1n) is 10.7. The molecule has 0 bridgehead atoms. The lowest BCUT2D eigenvalue weighted by molar-refractivity contribution is 0.404. The maximum atomic E-state index is 10.9. The highest BCUT2D eigenvalue weighted by Crippen LogP contribution is 2.55. The van der Waals surface area contributed by atoms with Crippen LogP contribution in [0.15, 0.2) is 45.3 Å². The summed E-state index contributed by atoms with van der Waals surface area (Å²) in [5, 5.41) is 0. The normalized spacial score (nSPS) is 13.6. The third-order valence-electron chi connectivity index (χ3n) is 6.17. The average Bonchev–Trinajstić information content (AvgIpc) is 2.96. The van der Waals surface area contributed by atoms with Crippen molar-refractivity contribution in [1.82, 2.24) is 0 Å². The van der Waals surface area contributed by atoms with Gasteiger partial charge in [0.05, 0.1) is 12.3 Å². The number of benzene rings is 2. The maximum Gasteiger partial charge on any atom is 0.315 e. The Morgan fingerprint density at radius 3 is 1.42 bits per heavy atom. The molecule has 0 spiro atoms. The lowest BCUT2D eigenvalue weighted by atomic mass is 9.70. The van der Waals surface area contributed by atoms with Gasteiger partial charge < -0.3 is 0 Å². The zero-order valence-corrected chi connectivity index (χ0v) is 22.3. The molecule has 0 atom stereocenters. The van der Waals surface area contributed by atoms with Crippen LogP contribution in [0.25, 0.3) is 11.1 Å². The molecule has 0 radical (unpaired) electrons. The van der Waals surface area contributed by atoms with E-state index in [1.165, 1.54) is 22.3 Å². The van der Waals surface area contributed by atoms with Gasteiger partial charge in [-0.15, -0.1) is 0 Å². The molecule has 0 unspecified atom stereocenters. The summed E-state index contributed by atoms with van der Waals surface area (Å²) in [6.45, 7) is 0. The van der Waals surface area contributed by atoms with E-state index in [4.69, 9.17) is 0 Å². The third-order valence-corrected chi connectivity index (χ3v) is 8.52. The zero-order chi connectivity index (χ0) is 22.4. The number of fused-ring (bicyclic) bond motifs is 3. The lowest BCUT2D eigenvalue weighted by Crippen LogP contribution is -2.25. The Hall–Kier alpha value is -0.800. The number of rotatable bonds is 12. The molecule has 0 heterocycles. The summed E-state index contributed by atoms with van der Waals surface area (Å²) in [5.41, 5.74) is 5.02. The monoisotopic (exact) mass is 586 g/mol. The van der Waals surface area contributed by atoms with Crippen molar-refractivity contribution in [3.05, 3.63) is 56.5 Å². The third kappa shape index (κ3) is 6.16. The second-order valence-electron chi connectivity index (χ2n) is 8.20. The van der Waals surface area contributed by atoms with Crippen molar-refractivity contribution in [2.24, 2.45) is 0 Å². The second-order valence-corrected chi connectivity index (χ2v) is 12.3. The minimum atomic E-state index is -2.31. The van der Waals surface area contributed by atoms with Crippen molar-refractivity contribution >= 4 is 47.2 Å². The fraction of sp³-hybridized carbons (Fsp3) is 0.478. The Bertz CT molecular complexity index is 976. The highest BCUT2D eigenvalue weighted by Gasteiger charge is 2.42. The van der Waals surface area contributed by atoms with Crippen molar-refractivity contribution in [1.29, 1.82) is 0 Å². The Kier molecular flexibility index (Phi) is 9.11. The maximum absolute atomic E-state index is 10.9. The molecule has 0 aromatic heterocycles. The Labute approximate surface area is 201 Å². The first kappa shape index (κ1) is 24.8. The van der Waals surface area contributed by atoms with Crippen LogP contribution in [0.4, 0.5) is 0 Å². The molecular formula is C23H26Br2O4P2. The Morgan fingerprint density at radius 1 is 0.613 bits per heavy atom. The summed E-state index contributed by atoms with van der Waals surface area (Å²) in [7, 11) is -4.63. The Balaban J connectivity index is 1.91. The highest BCUT2D eigenvalue weighted by molar-refractivity contribution is 9.10. The molecule has 0 fully saturated rings. The molecule has 1 aliphatic rings. The van der Waals surface area contributed by atoms with E-state index in [1.807, 2.05) is 0 Å². The van der Waals surface area contributed by atoms with Crippen LogP contribution < -0.4 is 0 Å². The van der Waals surface area contributed by atoms with Crippen LogP contribution in [0.3, 0.4) is 0 Å². The largest absolute Gasteiger partial charge is 0.315 e. The molecule has 2 aromatic rings. The average molecular weight is 588 g/mol. The van der Waals surface area contributed by atoms with E-state index in [0.717, 1.165) is 47.5 Å². The van der Waals surface area contributed by atoms with Gasteiger partial charge in [-0.05, 0) is 72.2 Å². The van der Waals surface area contributed by atoms with Gasteiger partial charge in [0.2, 0.25) is 0 Å². The van der Waals surface area contributed by atoms with Gasteiger partial charge >= 0.3 is 15.4 Å². The van der Waals surface area contributed by atoms with Gasteiger partial charge in [0.1, 0.15) is 0 Å². The highest BCUT2D eigenvalue weighted by atomic mass is 79.9. The first-order valence-corrected chi connectivity index (χ1v) is 15.0. The molecule has 166 valence electrons. The van der Waals surface area contributed by atoms with E-state index in [0.29, 0.717) is 12.8 Å². The van der Waals surface area contributed by atoms with Crippen molar-refractivity contribution in [2.75, 3.05) is 12.3 Å². The van der Waals surface area contributed by atoms with Gasteiger partial charge in [0, 0.05) is 14.4 Å². The van der Waals surface area contributed by atoms with Crippen LogP contribution in [0.2, 0.25) is 0 Å². The van der Waals surface area contributed by atoms with Gasteiger partial charge in [-0.2, -0.15) is 0 Å². The van der Waals surface area contributed by atoms with Gasteiger partial charge in [-0.1, -0.05) is 69.7 Å². The summed E-state index contributed by atoms with van der Waals surface area (Å²) in [5.74, 6) is 0. The van der Waals surface area contributed by atoms with Crippen molar-refractivity contribution in [2.45, 2.75) is 56.8 Å². The molecule has 8 heteroatoms. The molecular weight excluding hydrogens is 562 g/mol. The molecule has 1 aliphatic carbocycles. The summed E-state index contributed by atoms with van der Waals surface area (Å²) in [4.78, 5) is 0. The van der Waals surface area contributed by atoms with Crippen LogP contribution in [0.1, 0.15) is 62.5 Å².